The molecular formula is C15H31NO2. The van der Waals surface area contributed by atoms with Gasteiger partial charge < -0.3 is 9.84 Å². The summed E-state index contributed by atoms with van der Waals surface area (Å²) >= 11 is 0. The highest BCUT2D eigenvalue weighted by Gasteiger charge is 2.13. The largest absolute Gasteiger partial charge is 0.393 e. The van der Waals surface area contributed by atoms with Crippen LogP contribution in [0.4, 0.5) is 0 Å². The monoisotopic (exact) mass is 257 g/mol. The lowest BCUT2D eigenvalue weighted by atomic mass is 9.89. The third-order valence-electron chi connectivity index (χ3n) is 3.58. The van der Waals surface area contributed by atoms with Gasteiger partial charge in [0.15, 0.2) is 0 Å². The molecule has 1 atom stereocenters. The van der Waals surface area contributed by atoms with Gasteiger partial charge in [0.25, 0.3) is 0 Å². The van der Waals surface area contributed by atoms with E-state index in [1.165, 1.54) is 6.42 Å². The van der Waals surface area contributed by atoms with E-state index < -0.39 is 0 Å². The van der Waals surface area contributed by atoms with Crippen LogP contribution in [0.5, 0.6) is 0 Å². The van der Waals surface area contributed by atoms with Gasteiger partial charge >= 0.3 is 0 Å². The summed E-state index contributed by atoms with van der Waals surface area (Å²) in [6.45, 7) is 11.7. The molecule has 0 spiro atoms. The van der Waals surface area contributed by atoms with E-state index in [2.05, 4.69) is 25.7 Å². The Morgan fingerprint density at radius 2 is 1.72 bits per heavy atom. The molecule has 0 aromatic heterocycles. The summed E-state index contributed by atoms with van der Waals surface area (Å²) in [6.07, 6.45) is 5.25. The van der Waals surface area contributed by atoms with Crippen molar-refractivity contribution < 1.29 is 9.84 Å². The second kappa shape index (κ2) is 8.13. The van der Waals surface area contributed by atoms with Gasteiger partial charge in [-0.15, -0.1) is 0 Å². The van der Waals surface area contributed by atoms with E-state index in [1.54, 1.807) is 0 Å². The van der Waals surface area contributed by atoms with E-state index in [4.69, 9.17) is 4.74 Å². The van der Waals surface area contributed by atoms with Gasteiger partial charge in [0.05, 0.1) is 19.3 Å². The Morgan fingerprint density at radius 3 is 2.33 bits per heavy atom. The zero-order valence-electron chi connectivity index (χ0n) is 12.5. The van der Waals surface area contributed by atoms with Crippen LogP contribution in [-0.2, 0) is 4.74 Å². The van der Waals surface area contributed by atoms with Gasteiger partial charge in [-0.25, -0.2) is 0 Å². The van der Waals surface area contributed by atoms with E-state index in [0.29, 0.717) is 5.41 Å². The molecule has 1 saturated heterocycles. The first-order valence-electron chi connectivity index (χ1n) is 7.45. The summed E-state index contributed by atoms with van der Waals surface area (Å²) < 4.78 is 5.32. The summed E-state index contributed by atoms with van der Waals surface area (Å²) in [5.74, 6) is 0. The number of nitrogens with zero attached hydrogens (tertiary/aromatic N) is 1. The molecule has 1 fully saturated rings. The Balaban J connectivity index is 1.97. The van der Waals surface area contributed by atoms with E-state index in [1.807, 2.05) is 0 Å². The molecule has 1 heterocycles. The Labute approximate surface area is 113 Å². The minimum absolute atomic E-state index is 0.103. The van der Waals surface area contributed by atoms with Gasteiger partial charge in [0.2, 0.25) is 0 Å². The lowest BCUT2D eigenvalue weighted by Gasteiger charge is -2.26. The molecule has 0 aliphatic carbocycles. The average molecular weight is 257 g/mol. The molecule has 0 bridgehead atoms. The van der Waals surface area contributed by atoms with Crippen molar-refractivity contribution in [1.29, 1.82) is 0 Å². The lowest BCUT2D eigenvalue weighted by molar-refractivity contribution is 0.0349. The number of hydrogen-bond donors (Lipinski definition) is 1. The first-order valence-corrected chi connectivity index (χ1v) is 7.45. The normalized spacial score (nSPS) is 20.0. The minimum Gasteiger partial charge on any atom is -0.393 e. The topological polar surface area (TPSA) is 32.7 Å². The summed E-state index contributed by atoms with van der Waals surface area (Å²) in [6, 6.07) is 0. The molecule has 108 valence electrons. The highest BCUT2D eigenvalue weighted by Crippen LogP contribution is 2.22. The molecule has 18 heavy (non-hydrogen) atoms. The third-order valence-corrected chi connectivity index (χ3v) is 3.58. The van der Waals surface area contributed by atoms with Gasteiger partial charge in [-0.05, 0) is 37.6 Å². The van der Waals surface area contributed by atoms with Crippen molar-refractivity contribution in [2.45, 2.75) is 59.0 Å². The fourth-order valence-electron chi connectivity index (χ4n) is 2.39. The highest BCUT2D eigenvalue weighted by atomic mass is 16.5. The molecule has 0 aromatic rings. The zero-order chi connectivity index (χ0) is 13.4. The third kappa shape index (κ3) is 8.06. The molecule has 0 amide bonds. The number of morpholine rings is 1. The van der Waals surface area contributed by atoms with Gasteiger partial charge in [-0.1, -0.05) is 27.2 Å². The zero-order valence-corrected chi connectivity index (χ0v) is 12.5. The molecule has 0 radical (unpaired) electrons. The summed E-state index contributed by atoms with van der Waals surface area (Å²) in [5.41, 5.74) is 0.396. The molecular weight excluding hydrogens is 226 g/mol. The van der Waals surface area contributed by atoms with Crippen molar-refractivity contribution in [3.8, 4) is 0 Å². The second-order valence-corrected chi connectivity index (χ2v) is 6.70. The first-order chi connectivity index (χ1) is 8.47. The fraction of sp³-hybridized carbons (Fsp3) is 1.00. The SMILES string of the molecule is CC(C)(C)CCC[C@@H](O)CCCN1CCOCC1. The van der Waals surface area contributed by atoms with Crippen LogP contribution in [0.2, 0.25) is 0 Å². The Hall–Kier alpha value is -0.120. The molecule has 0 saturated carbocycles. The van der Waals surface area contributed by atoms with Crippen LogP contribution in [0.15, 0.2) is 0 Å². The first kappa shape index (κ1) is 15.9. The van der Waals surface area contributed by atoms with Crippen LogP contribution in [0.25, 0.3) is 0 Å². The maximum absolute atomic E-state index is 9.93. The van der Waals surface area contributed by atoms with Crippen LogP contribution >= 0.6 is 0 Å². The lowest BCUT2D eigenvalue weighted by Crippen LogP contribution is -2.37. The van der Waals surface area contributed by atoms with Crippen LogP contribution in [0.3, 0.4) is 0 Å². The van der Waals surface area contributed by atoms with Crippen molar-refractivity contribution in [1.82, 2.24) is 4.90 Å². The van der Waals surface area contributed by atoms with Crippen LogP contribution in [-0.4, -0.2) is 49.0 Å². The maximum Gasteiger partial charge on any atom is 0.0594 e. The molecule has 1 aliphatic heterocycles. The van der Waals surface area contributed by atoms with Gasteiger partial charge in [-0.2, -0.15) is 0 Å². The summed E-state index contributed by atoms with van der Waals surface area (Å²) in [4.78, 5) is 2.44. The number of hydrogen-bond acceptors (Lipinski definition) is 3. The predicted octanol–water partition coefficient (Wildman–Crippen LogP) is 2.68. The Morgan fingerprint density at radius 1 is 1.11 bits per heavy atom. The quantitative estimate of drug-likeness (QED) is 0.761. The molecule has 3 nitrogen and oxygen atoms in total. The summed E-state index contributed by atoms with van der Waals surface area (Å²) in [5, 5.41) is 9.93. The van der Waals surface area contributed by atoms with Gasteiger partial charge in [0.1, 0.15) is 0 Å². The Bertz CT molecular complexity index is 207. The molecule has 1 N–H and O–H groups in total. The van der Waals surface area contributed by atoms with E-state index in [-0.39, 0.29) is 6.10 Å². The van der Waals surface area contributed by atoms with Crippen LogP contribution < -0.4 is 0 Å². The van der Waals surface area contributed by atoms with E-state index >= 15 is 0 Å². The van der Waals surface area contributed by atoms with Crippen molar-refractivity contribution in [2.75, 3.05) is 32.8 Å². The number of aliphatic hydroxyl groups excluding tert-OH is 1. The van der Waals surface area contributed by atoms with Crippen molar-refractivity contribution >= 4 is 0 Å². The number of rotatable bonds is 7. The van der Waals surface area contributed by atoms with Crippen LogP contribution in [0, 0.1) is 5.41 Å². The number of ether oxygens (including phenoxy) is 1. The van der Waals surface area contributed by atoms with E-state index in [0.717, 1.165) is 58.5 Å². The average Bonchev–Trinajstić information content (AvgIpc) is 2.28. The van der Waals surface area contributed by atoms with Crippen molar-refractivity contribution in [2.24, 2.45) is 5.41 Å². The van der Waals surface area contributed by atoms with Gasteiger partial charge in [-0.3, -0.25) is 4.90 Å². The molecule has 0 aromatic carbocycles. The van der Waals surface area contributed by atoms with Crippen molar-refractivity contribution in [3.05, 3.63) is 0 Å². The van der Waals surface area contributed by atoms with E-state index in [9.17, 15) is 5.11 Å². The fourth-order valence-corrected chi connectivity index (χ4v) is 2.39. The molecule has 1 aliphatic rings. The molecule has 3 heteroatoms. The second-order valence-electron chi connectivity index (χ2n) is 6.70. The maximum atomic E-state index is 9.93. The number of aliphatic hydroxyl groups is 1. The predicted molar refractivity (Wildman–Crippen MR) is 75.8 cm³/mol. The Kier molecular flexibility index (Phi) is 7.20. The van der Waals surface area contributed by atoms with Gasteiger partial charge in [0, 0.05) is 13.1 Å². The highest BCUT2D eigenvalue weighted by molar-refractivity contribution is 4.66. The van der Waals surface area contributed by atoms with Crippen LogP contribution in [0.1, 0.15) is 52.9 Å². The molecule has 1 rings (SSSR count). The standard InChI is InChI=1S/C15H31NO2/c1-15(2,3)8-4-6-14(17)7-5-9-16-10-12-18-13-11-16/h14,17H,4-13H2,1-3H3/t14-/m1/s1. The van der Waals surface area contributed by atoms with Crippen molar-refractivity contribution in [3.63, 3.8) is 0 Å². The summed E-state index contributed by atoms with van der Waals surface area (Å²) in [7, 11) is 0. The molecule has 0 unspecified atom stereocenters. The minimum atomic E-state index is -0.103. The smallest absolute Gasteiger partial charge is 0.0594 e.